The van der Waals surface area contributed by atoms with E-state index in [4.69, 9.17) is 4.74 Å². The number of hydrogen-bond acceptors (Lipinski definition) is 4. The molecule has 0 fully saturated rings. The summed E-state index contributed by atoms with van der Waals surface area (Å²) in [5.74, 6) is 0.0540. The van der Waals surface area contributed by atoms with Crippen LogP contribution in [0.5, 0.6) is 11.5 Å². The standard InChI is InChI=1S/C16H14Br2N2O3/c1-2-23-14-8-10(7-13(18)15(14)21)9-19-20-16(22)11-5-3-4-6-12(11)17/h3-9,21H,2H2,1H3,(H,20,22)/b19-9-. The maximum absolute atomic E-state index is 12.0. The van der Waals surface area contributed by atoms with Gasteiger partial charge in [0.15, 0.2) is 11.5 Å². The van der Waals surface area contributed by atoms with E-state index in [-0.39, 0.29) is 11.7 Å². The molecule has 0 atom stereocenters. The fraction of sp³-hybridized carbons (Fsp3) is 0.125. The van der Waals surface area contributed by atoms with Gasteiger partial charge in [0.2, 0.25) is 0 Å². The van der Waals surface area contributed by atoms with E-state index in [1.807, 2.05) is 13.0 Å². The Balaban J connectivity index is 2.12. The van der Waals surface area contributed by atoms with Crippen molar-refractivity contribution in [2.45, 2.75) is 6.92 Å². The molecule has 0 bridgehead atoms. The third-order valence-corrected chi connectivity index (χ3v) is 4.14. The molecule has 5 nitrogen and oxygen atoms in total. The molecule has 2 aromatic rings. The number of ether oxygens (including phenoxy) is 1. The number of aromatic hydroxyl groups is 1. The summed E-state index contributed by atoms with van der Waals surface area (Å²) in [7, 11) is 0. The van der Waals surface area contributed by atoms with Crippen LogP contribution in [0, 0.1) is 0 Å². The van der Waals surface area contributed by atoms with Gasteiger partial charge in [0.1, 0.15) is 0 Å². The highest BCUT2D eigenvalue weighted by Crippen LogP contribution is 2.35. The molecule has 0 radical (unpaired) electrons. The molecule has 1 amide bonds. The van der Waals surface area contributed by atoms with Gasteiger partial charge in [-0.3, -0.25) is 4.79 Å². The molecular weight excluding hydrogens is 428 g/mol. The summed E-state index contributed by atoms with van der Waals surface area (Å²) in [6.07, 6.45) is 1.47. The van der Waals surface area contributed by atoms with E-state index in [0.717, 1.165) is 0 Å². The zero-order chi connectivity index (χ0) is 16.8. The largest absolute Gasteiger partial charge is 0.503 e. The Kier molecular flexibility index (Phi) is 6.18. The number of nitrogens with one attached hydrogen (secondary N) is 1. The third kappa shape index (κ3) is 4.56. The van der Waals surface area contributed by atoms with E-state index in [1.54, 1.807) is 30.3 Å². The number of benzene rings is 2. The second-order valence-corrected chi connectivity index (χ2v) is 6.17. The van der Waals surface area contributed by atoms with E-state index in [2.05, 4.69) is 42.4 Å². The molecular formula is C16H14Br2N2O3. The van der Waals surface area contributed by atoms with Gasteiger partial charge < -0.3 is 9.84 Å². The van der Waals surface area contributed by atoms with Gasteiger partial charge in [-0.1, -0.05) is 12.1 Å². The van der Waals surface area contributed by atoms with Crippen molar-refractivity contribution >= 4 is 44.0 Å². The first-order chi connectivity index (χ1) is 11.0. The molecule has 0 aliphatic carbocycles. The first-order valence-electron chi connectivity index (χ1n) is 6.76. The Morgan fingerprint density at radius 1 is 1.30 bits per heavy atom. The summed E-state index contributed by atoms with van der Waals surface area (Å²) in [4.78, 5) is 12.0. The molecule has 7 heteroatoms. The minimum Gasteiger partial charge on any atom is -0.503 e. The van der Waals surface area contributed by atoms with E-state index in [9.17, 15) is 9.90 Å². The summed E-state index contributed by atoms with van der Waals surface area (Å²) in [5, 5.41) is 13.8. The van der Waals surface area contributed by atoms with Crippen LogP contribution in [-0.4, -0.2) is 23.8 Å². The lowest BCUT2D eigenvalue weighted by atomic mass is 10.2. The molecule has 2 aromatic carbocycles. The van der Waals surface area contributed by atoms with Gasteiger partial charge in [-0.15, -0.1) is 0 Å². The minimum absolute atomic E-state index is 0.0289. The summed E-state index contributed by atoms with van der Waals surface area (Å²) in [5.41, 5.74) is 3.62. The van der Waals surface area contributed by atoms with Crippen LogP contribution in [0.15, 0.2) is 50.4 Å². The van der Waals surface area contributed by atoms with Crippen LogP contribution in [0.2, 0.25) is 0 Å². The maximum atomic E-state index is 12.0. The summed E-state index contributed by atoms with van der Waals surface area (Å²) >= 11 is 6.56. The molecule has 2 N–H and O–H groups in total. The highest BCUT2D eigenvalue weighted by atomic mass is 79.9. The Hall–Kier alpha value is -1.86. The highest BCUT2D eigenvalue weighted by molar-refractivity contribution is 9.10. The number of rotatable bonds is 5. The fourth-order valence-corrected chi connectivity index (χ4v) is 2.73. The van der Waals surface area contributed by atoms with Gasteiger partial charge in [-0.25, -0.2) is 5.43 Å². The van der Waals surface area contributed by atoms with Crippen LogP contribution in [0.4, 0.5) is 0 Å². The van der Waals surface area contributed by atoms with Crippen molar-refractivity contribution in [3.63, 3.8) is 0 Å². The molecule has 23 heavy (non-hydrogen) atoms. The van der Waals surface area contributed by atoms with Gasteiger partial charge >= 0.3 is 0 Å². The fourth-order valence-electron chi connectivity index (χ4n) is 1.80. The number of halogens is 2. The van der Waals surface area contributed by atoms with Gasteiger partial charge in [-0.2, -0.15) is 5.10 Å². The smallest absolute Gasteiger partial charge is 0.272 e. The lowest BCUT2D eigenvalue weighted by Crippen LogP contribution is -2.18. The number of carbonyl (C=O) groups excluding carboxylic acids is 1. The zero-order valence-corrected chi connectivity index (χ0v) is 15.4. The molecule has 2 rings (SSSR count). The average Bonchev–Trinajstić information content (AvgIpc) is 2.52. The van der Waals surface area contributed by atoms with Crippen molar-refractivity contribution in [2.75, 3.05) is 6.61 Å². The van der Waals surface area contributed by atoms with Crippen molar-refractivity contribution in [3.05, 3.63) is 56.5 Å². The Morgan fingerprint density at radius 3 is 2.74 bits per heavy atom. The molecule has 0 spiro atoms. The van der Waals surface area contributed by atoms with Crippen molar-refractivity contribution in [1.29, 1.82) is 0 Å². The van der Waals surface area contributed by atoms with E-state index in [1.165, 1.54) is 6.21 Å². The normalized spacial score (nSPS) is 10.7. The topological polar surface area (TPSA) is 70.9 Å². The predicted molar refractivity (Wildman–Crippen MR) is 96.2 cm³/mol. The highest BCUT2D eigenvalue weighted by Gasteiger charge is 2.09. The molecule has 0 saturated heterocycles. The van der Waals surface area contributed by atoms with E-state index in [0.29, 0.717) is 32.4 Å². The summed E-state index contributed by atoms with van der Waals surface area (Å²) < 4.78 is 6.52. The number of phenols is 1. The number of amides is 1. The molecule has 0 saturated carbocycles. The number of hydrogen-bond donors (Lipinski definition) is 2. The maximum Gasteiger partial charge on any atom is 0.272 e. The molecule has 0 aliphatic rings. The third-order valence-electron chi connectivity index (χ3n) is 2.85. The quantitative estimate of drug-likeness (QED) is 0.542. The van der Waals surface area contributed by atoms with Crippen molar-refractivity contribution in [1.82, 2.24) is 5.43 Å². The van der Waals surface area contributed by atoms with E-state index >= 15 is 0 Å². The molecule has 0 aromatic heterocycles. The number of carbonyl (C=O) groups is 1. The van der Waals surface area contributed by atoms with Gasteiger partial charge in [0, 0.05) is 4.47 Å². The molecule has 0 aliphatic heterocycles. The zero-order valence-electron chi connectivity index (χ0n) is 12.2. The predicted octanol–water partition coefficient (Wildman–Crippen LogP) is 4.08. The summed E-state index contributed by atoms with van der Waals surface area (Å²) in [6.45, 7) is 2.26. The van der Waals surface area contributed by atoms with Crippen LogP contribution in [-0.2, 0) is 0 Å². The Labute approximate surface area is 150 Å². The Bertz CT molecular complexity index is 748. The lowest BCUT2D eigenvalue weighted by Gasteiger charge is -2.08. The van der Waals surface area contributed by atoms with Crippen molar-refractivity contribution < 1.29 is 14.6 Å². The first kappa shape index (κ1) is 17.5. The van der Waals surface area contributed by atoms with Crippen LogP contribution < -0.4 is 10.2 Å². The summed E-state index contributed by atoms with van der Waals surface area (Å²) in [6, 6.07) is 10.4. The average molecular weight is 442 g/mol. The van der Waals surface area contributed by atoms with Crippen molar-refractivity contribution in [3.8, 4) is 11.5 Å². The van der Waals surface area contributed by atoms with Crippen molar-refractivity contribution in [2.24, 2.45) is 5.10 Å². The van der Waals surface area contributed by atoms with Crippen LogP contribution in [0.25, 0.3) is 0 Å². The minimum atomic E-state index is -0.323. The van der Waals surface area contributed by atoms with Crippen LogP contribution in [0.3, 0.4) is 0 Å². The second kappa shape index (κ2) is 8.12. The molecule has 0 heterocycles. The second-order valence-electron chi connectivity index (χ2n) is 4.46. The van der Waals surface area contributed by atoms with Gasteiger partial charge in [-0.05, 0) is 68.6 Å². The number of nitrogens with zero attached hydrogens (tertiary/aromatic N) is 1. The van der Waals surface area contributed by atoms with E-state index < -0.39 is 0 Å². The van der Waals surface area contributed by atoms with Crippen LogP contribution in [0.1, 0.15) is 22.8 Å². The SMILES string of the molecule is CCOc1cc(/C=N\NC(=O)c2ccccc2Br)cc(Br)c1O. The molecule has 0 unspecified atom stereocenters. The first-order valence-corrected chi connectivity index (χ1v) is 8.34. The monoisotopic (exact) mass is 440 g/mol. The van der Waals surface area contributed by atoms with Gasteiger partial charge in [0.25, 0.3) is 5.91 Å². The molecule has 120 valence electrons. The van der Waals surface area contributed by atoms with Gasteiger partial charge in [0.05, 0.1) is 22.9 Å². The number of phenolic OH excluding ortho intramolecular Hbond substituents is 1. The number of hydrazone groups is 1. The van der Waals surface area contributed by atoms with Crippen LogP contribution >= 0.6 is 31.9 Å². The lowest BCUT2D eigenvalue weighted by molar-refractivity contribution is 0.0954. The Morgan fingerprint density at radius 2 is 2.04 bits per heavy atom.